The molecular weight excluding hydrogens is 342 g/mol. The van der Waals surface area contributed by atoms with E-state index in [0.29, 0.717) is 17.9 Å². The van der Waals surface area contributed by atoms with Gasteiger partial charge in [-0.25, -0.2) is 4.79 Å². The molecule has 1 amide bonds. The van der Waals surface area contributed by atoms with Crippen LogP contribution in [0.4, 0.5) is 4.79 Å². The van der Waals surface area contributed by atoms with Gasteiger partial charge >= 0.3 is 6.09 Å². The Balaban J connectivity index is 1.61. The maximum absolute atomic E-state index is 11.9. The molecule has 1 heterocycles. The van der Waals surface area contributed by atoms with Crippen LogP contribution >= 0.6 is 11.6 Å². The average Bonchev–Trinajstić information content (AvgIpc) is 3.06. The second-order valence-corrected chi connectivity index (χ2v) is 6.49. The van der Waals surface area contributed by atoms with Crippen molar-refractivity contribution in [1.29, 1.82) is 0 Å². The average molecular weight is 360 g/mol. The Hall–Kier alpha value is -2.42. The number of benzene rings is 1. The molecule has 5 nitrogen and oxygen atoms in total. The predicted octanol–water partition coefficient (Wildman–Crippen LogP) is 3.75. The molecule has 1 fully saturated rings. The van der Waals surface area contributed by atoms with Gasteiger partial charge in [0.05, 0.1) is 6.26 Å². The molecule has 2 atom stereocenters. The fourth-order valence-corrected chi connectivity index (χ4v) is 3.04. The van der Waals surface area contributed by atoms with Crippen LogP contribution < -0.4 is 10.1 Å². The number of rotatable bonds is 2. The maximum Gasteiger partial charge on any atom is 0.415 e. The summed E-state index contributed by atoms with van der Waals surface area (Å²) in [7, 11) is 0. The Labute approximate surface area is 150 Å². The van der Waals surface area contributed by atoms with Gasteiger partial charge in [-0.15, -0.1) is 0 Å². The third-order valence-electron chi connectivity index (χ3n) is 4.00. The highest BCUT2D eigenvalue weighted by atomic mass is 35.5. The van der Waals surface area contributed by atoms with Gasteiger partial charge in [-0.05, 0) is 43.5 Å². The third-order valence-corrected chi connectivity index (χ3v) is 4.24. The number of carbonyl (C=O) groups is 1. The summed E-state index contributed by atoms with van der Waals surface area (Å²) in [4.78, 5) is 11.9. The van der Waals surface area contributed by atoms with Gasteiger partial charge in [0.1, 0.15) is 5.60 Å². The fraction of sp³-hybridized carbons (Fsp3) is 0.316. The zero-order valence-electron chi connectivity index (χ0n) is 13.5. The lowest BCUT2D eigenvalue weighted by Crippen LogP contribution is -2.46. The number of carbonyl (C=O) groups excluding carboxylic acids is 1. The van der Waals surface area contributed by atoms with E-state index in [1.165, 1.54) is 6.26 Å². The number of ether oxygens (including phenoxy) is 1. The molecule has 1 saturated carbocycles. The minimum Gasteiger partial charge on any atom is -0.434 e. The summed E-state index contributed by atoms with van der Waals surface area (Å²) in [6, 6.07) is 10.1. The number of furan rings is 1. The summed E-state index contributed by atoms with van der Waals surface area (Å²) in [6.45, 7) is 0. The second-order valence-electron chi connectivity index (χ2n) is 6.05. The van der Waals surface area contributed by atoms with E-state index in [0.717, 1.165) is 18.4 Å². The molecular formula is C19H18ClNO4. The summed E-state index contributed by atoms with van der Waals surface area (Å²) in [5, 5.41) is 14.1. The van der Waals surface area contributed by atoms with Crippen molar-refractivity contribution in [3.8, 4) is 17.8 Å². The third kappa shape index (κ3) is 5.02. The quantitative estimate of drug-likeness (QED) is 0.801. The lowest BCUT2D eigenvalue weighted by molar-refractivity contribution is 0.0470. The van der Waals surface area contributed by atoms with Crippen LogP contribution in [0.2, 0.25) is 5.02 Å². The SMILES string of the molecule is O=C(N[C@@H]1CCC[C@](O)(C#Cc2cccc(Cl)c2)C1)Oc1ccco1. The standard InChI is InChI=1S/C19H18ClNO4/c20-15-5-1-4-14(12-15)8-10-19(23)9-2-6-16(13-19)21-18(22)25-17-7-3-11-24-17/h1,3-5,7,11-12,16,23H,2,6,9,13H2,(H,21,22)/t16-,19+/m1/s1. The molecule has 1 aromatic heterocycles. The minimum atomic E-state index is -1.15. The summed E-state index contributed by atoms with van der Waals surface area (Å²) >= 11 is 5.94. The number of aliphatic hydroxyl groups is 1. The van der Waals surface area contributed by atoms with E-state index in [4.69, 9.17) is 20.8 Å². The molecule has 6 heteroatoms. The smallest absolute Gasteiger partial charge is 0.415 e. The molecule has 0 saturated heterocycles. The van der Waals surface area contributed by atoms with Crippen molar-refractivity contribution in [3.05, 3.63) is 53.2 Å². The van der Waals surface area contributed by atoms with Crippen LogP contribution in [-0.2, 0) is 0 Å². The van der Waals surface area contributed by atoms with Crippen molar-refractivity contribution in [2.24, 2.45) is 0 Å². The van der Waals surface area contributed by atoms with Crippen molar-refractivity contribution in [1.82, 2.24) is 5.32 Å². The number of halogens is 1. The van der Waals surface area contributed by atoms with Crippen LogP contribution in [0.15, 0.2) is 47.1 Å². The Morgan fingerprint density at radius 1 is 1.40 bits per heavy atom. The molecule has 0 bridgehead atoms. The fourth-order valence-electron chi connectivity index (χ4n) is 2.85. The first-order valence-corrected chi connectivity index (χ1v) is 8.43. The molecule has 1 aliphatic rings. The van der Waals surface area contributed by atoms with Crippen LogP contribution in [0.25, 0.3) is 0 Å². The van der Waals surface area contributed by atoms with Gasteiger partial charge in [0.25, 0.3) is 5.95 Å². The van der Waals surface area contributed by atoms with E-state index >= 15 is 0 Å². The number of amides is 1. The largest absolute Gasteiger partial charge is 0.434 e. The number of nitrogens with one attached hydrogen (secondary N) is 1. The summed E-state index contributed by atoms with van der Waals surface area (Å²) in [6.07, 6.45) is 3.24. The Bertz CT molecular complexity index is 793. The maximum atomic E-state index is 11.9. The van der Waals surface area contributed by atoms with Crippen LogP contribution in [0.3, 0.4) is 0 Å². The van der Waals surface area contributed by atoms with Gasteiger partial charge in [-0.2, -0.15) is 0 Å². The van der Waals surface area contributed by atoms with E-state index in [9.17, 15) is 9.90 Å². The van der Waals surface area contributed by atoms with Crippen LogP contribution in [0, 0.1) is 11.8 Å². The highest BCUT2D eigenvalue weighted by Gasteiger charge is 2.33. The van der Waals surface area contributed by atoms with E-state index in [1.807, 2.05) is 12.1 Å². The van der Waals surface area contributed by atoms with Gasteiger partial charge in [0, 0.05) is 29.1 Å². The topological polar surface area (TPSA) is 71.7 Å². The van der Waals surface area contributed by atoms with Gasteiger partial charge in [-0.1, -0.05) is 29.5 Å². The molecule has 0 radical (unpaired) electrons. The molecule has 1 aliphatic carbocycles. The first-order valence-electron chi connectivity index (χ1n) is 8.05. The zero-order valence-corrected chi connectivity index (χ0v) is 14.3. The van der Waals surface area contributed by atoms with Gasteiger partial charge in [-0.3, -0.25) is 0 Å². The van der Waals surface area contributed by atoms with Crippen molar-refractivity contribution in [2.75, 3.05) is 0 Å². The normalized spacial score (nSPS) is 22.6. The lowest BCUT2D eigenvalue weighted by Gasteiger charge is -2.33. The van der Waals surface area contributed by atoms with Crippen molar-refractivity contribution in [2.45, 2.75) is 37.3 Å². The van der Waals surface area contributed by atoms with Crippen molar-refractivity contribution in [3.63, 3.8) is 0 Å². The molecule has 130 valence electrons. The van der Waals surface area contributed by atoms with E-state index in [2.05, 4.69) is 17.2 Å². The zero-order chi connectivity index (χ0) is 17.7. The second kappa shape index (κ2) is 7.64. The van der Waals surface area contributed by atoms with E-state index in [-0.39, 0.29) is 12.0 Å². The van der Waals surface area contributed by atoms with Gasteiger partial charge < -0.3 is 19.6 Å². The molecule has 25 heavy (non-hydrogen) atoms. The van der Waals surface area contributed by atoms with Crippen molar-refractivity contribution < 1.29 is 19.1 Å². The molecule has 0 spiro atoms. The molecule has 1 aromatic carbocycles. The van der Waals surface area contributed by atoms with E-state index < -0.39 is 11.7 Å². The molecule has 0 aliphatic heterocycles. The molecule has 3 rings (SSSR count). The van der Waals surface area contributed by atoms with Crippen LogP contribution in [0.5, 0.6) is 5.95 Å². The number of hydrogen-bond acceptors (Lipinski definition) is 4. The summed E-state index contributed by atoms with van der Waals surface area (Å²) < 4.78 is 9.98. The van der Waals surface area contributed by atoms with Gasteiger partial charge in [0.2, 0.25) is 0 Å². The molecule has 2 N–H and O–H groups in total. The predicted molar refractivity (Wildman–Crippen MR) is 93.4 cm³/mol. The van der Waals surface area contributed by atoms with E-state index in [1.54, 1.807) is 24.3 Å². The molecule has 0 unspecified atom stereocenters. The Kier molecular flexibility index (Phi) is 5.32. The highest BCUT2D eigenvalue weighted by Crippen LogP contribution is 2.28. The number of hydrogen-bond donors (Lipinski definition) is 2. The van der Waals surface area contributed by atoms with Crippen LogP contribution in [0.1, 0.15) is 31.2 Å². The highest BCUT2D eigenvalue weighted by molar-refractivity contribution is 6.30. The molecule has 2 aromatic rings. The minimum absolute atomic E-state index is 0.129. The monoisotopic (exact) mass is 359 g/mol. The Morgan fingerprint density at radius 2 is 2.28 bits per heavy atom. The first-order chi connectivity index (χ1) is 12.0. The van der Waals surface area contributed by atoms with Gasteiger partial charge in [0.15, 0.2) is 0 Å². The lowest BCUT2D eigenvalue weighted by atomic mass is 9.82. The van der Waals surface area contributed by atoms with Crippen molar-refractivity contribution >= 4 is 17.7 Å². The summed E-state index contributed by atoms with van der Waals surface area (Å²) in [5.41, 5.74) is -0.406. The van der Waals surface area contributed by atoms with Crippen LogP contribution in [-0.4, -0.2) is 22.8 Å². The Morgan fingerprint density at radius 3 is 3.04 bits per heavy atom. The summed E-state index contributed by atoms with van der Waals surface area (Å²) in [5.74, 6) is 6.02. The first kappa shape index (κ1) is 17.4.